The van der Waals surface area contributed by atoms with Crippen LogP contribution in [0.15, 0.2) is 18.2 Å². The molecule has 3 heterocycles. The first kappa shape index (κ1) is 19.3. The molecule has 0 radical (unpaired) electrons. The van der Waals surface area contributed by atoms with Crippen molar-refractivity contribution >= 4 is 40.7 Å². The Morgan fingerprint density at radius 1 is 1.11 bits per heavy atom. The van der Waals surface area contributed by atoms with E-state index in [1.807, 2.05) is 6.92 Å². The molecule has 0 aliphatic carbocycles. The number of aryl methyl sites for hydroxylation is 1. The molecule has 2 aliphatic rings. The van der Waals surface area contributed by atoms with Crippen LogP contribution in [-0.4, -0.2) is 40.5 Å². The zero-order valence-corrected chi connectivity index (χ0v) is 17.4. The number of aromatic nitrogens is 2. The molecule has 4 rings (SSSR count). The van der Waals surface area contributed by atoms with Gasteiger partial charge in [-0.25, -0.2) is 14.8 Å². The Bertz CT molecular complexity index is 898. The predicted octanol–water partition coefficient (Wildman–Crippen LogP) is 4.67. The van der Waals surface area contributed by atoms with Crippen LogP contribution >= 0.6 is 23.2 Å². The maximum Gasteiger partial charge on any atom is 0.322 e. The highest BCUT2D eigenvalue weighted by molar-refractivity contribution is 6.36. The van der Waals surface area contributed by atoms with Crippen LogP contribution in [-0.2, 0) is 13.0 Å². The maximum absolute atomic E-state index is 12.8. The van der Waals surface area contributed by atoms with Crippen molar-refractivity contribution in [1.82, 2.24) is 14.9 Å². The second-order valence-electron chi connectivity index (χ2n) is 7.29. The van der Waals surface area contributed by atoms with E-state index in [0.29, 0.717) is 28.8 Å². The average Bonchev–Trinajstić information content (AvgIpc) is 2.69. The molecule has 1 fully saturated rings. The molecule has 2 aromatic rings. The van der Waals surface area contributed by atoms with E-state index in [-0.39, 0.29) is 6.03 Å². The molecular formula is C20H23Cl2N5O. The molecule has 6 nitrogen and oxygen atoms in total. The SMILES string of the molecule is Cc1nc2c(c(N3CCCCC3)n1)CN(C(=O)Nc1ccc(Cl)cc1Cl)CC2. The number of amides is 2. The fraction of sp³-hybridized carbons (Fsp3) is 0.450. The number of rotatable bonds is 2. The number of carbonyl (C=O) groups is 1. The normalized spacial score (nSPS) is 16.7. The van der Waals surface area contributed by atoms with Crippen LogP contribution in [0.5, 0.6) is 0 Å². The van der Waals surface area contributed by atoms with E-state index >= 15 is 0 Å². The third-order valence-electron chi connectivity index (χ3n) is 5.27. The van der Waals surface area contributed by atoms with E-state index in [9.17, 15) is 4.79 Å². The monoisotopic (exact) mass is 419 g/mol. The lowest BCUT2D eigenvalue weighted by Gasteiger charge is -2.34. The standard InChI is InChI=1S/C20H23Cl2N5O/c1-13-23-17-7-10-27(20(28)25-18-6-5-14(21)11-16(18)22)12-15(17)19(24-13)26-8-3-2-4-9-26/h5-6,11H,2-4,7-10,12H2,1H3,(H,25,28). The van der Waals surface area contributed by atoms with Crippen LogP contribution in [0.3, 0.4) is 0 Å². The van der Waals surface area contributed by atoms with Gasteiger partial charge in [-0.3, -0.25) is 0 Å². The number of nitrogens with zero attached hydrogens (tertiary/aromatic N) is 4. The molecule has 0 bridgehead atoms. The van der Waals surface area contributed by atoms with Crippen LogP contribution < -0.4 is 10.2 Å². The van der Waals surface area contributed by atoms with Gasteiger partial charge in [0.25, 0.3) is 0 Å². The Kier molecular flexibility index (Phi) is 5.60. The summed E-state index contributed by atoms with van der Waals surface area (Å²) in [5, 5.41) is 3.85. The fourth-order valence-corrected chi connectivity index (χ4v) is 4.30. The molecule has 0 unspecified atom stereocenters. The summed E-state index contributed by atoms with van der Waals surface area (Å²) < 4.78 is 0. The first-order chi connectivity index (χ1) is 13.5. The molecule has 1 aromatic heterocycles. The van der Waals surface area contributed by atoms with Gasteiger partial charge in [0, 0.05) is 36.6 Å². The summed E-state index contributed by atoms with van der Waals surface area (Å²) in [6, 6.07) is 4.86. The van der Waals surface area contributed by atoms with E-state index < -0.39 is 0 Å². The number of benzene rings is 1. The first-order valence-electron chi connectivity index (χ1n) is 9.63. The molecular weight excluding hydrogens is 397 g/mol. The van der Waals surface area contributed by atoms with Crippen molar-refractivity contribution in [2.45, 2.75) is 39.2 Å². The Balaban J connectivity index is 1.55. The Morgan fingerprint density at radius 2 is 1.89 bits per heavy atom. The molecule has 1 saturated heterocycles. The van der Waals surface area contributed by atoms with Gasteiger partial charge in [-0.1, -0.05) is 23.2 Å². The number of nitrogens with one attached hydrogen (secondary N) is 1. The van der Waals surface area contributed by atoms with Gasteiger partial charge >= 0.3 is 6.03 Å². The van der Waals surface area contributed by atoms with Crippen molar-refractivity contribution in [2.75, 3.05) is 29.9 Å². The number of hydrogen-bond donors (Lipinski definition) is 1. The fourth-order valence-electron chi connectivity index (χ4n) is 3.84. The number of urea groups is 1. The third kappa shape index (κ3) is 4.03. The number of anilines is 2. The summed E-state index contributed by atoms with van der Waals surface area (Å²) >= 11 is 12.1. The molecule has 1 aromatic carbocycles. The second-order valence-corrected chi connectivity index (χ2v) is 8.14. The van der Waals surface area contributed by atoms with Gasteiger partial charge in [0.05, 0.1) is 22.9 Å². The molecule has 28 heavy (non-hydrogen) atoms. The summed E-state index contributed by atoms with van der Waals surface area (Å²) in [6.07, 6.45) is 4.34. The molecule has 8 heteroatoms. The van der Waals surface area contributed by atoms with Crippen LogP contribution in [0.4, 0.5) is 16.3 Å². The Labute approximate surface area is 174 Å². The van der Waals surface area contributed by atoms with Crippen molar-refractivity contribution in [3.8, 4) is 0 Å². The third-order valence-corrected chi connectivity index (χ3v) is 5.81. The van der Waals surface area contributed by atoms with Crippen LogP contribution in [0.2, 0.25) is 10.0 Å². The number of piperidine rings is 1. The summed E-state index contributed by atoms with van der Waals surface area (Å²) in [5.41, 5.74) is 2.68. The van der Waals surface area contributed by atoms with Gasteiger partial charge in [-0.2, -0.15) is 0 Å². The predicted molar refractivity (Wildman–Crippen MR) is 112 cm³/mol. The van der Waals surface area contributed by atoms with E-state index in [2.05, 4.69) is 15.2 Å². The van der Waals surface area contributed by atoms with Gasteiger partial charge in [0.2, 0.25) is 0 Å². The zero-order valence-electron chi connectivity index (χ0n) is 15.8. The molecule has 2 aliphatic heterocycles. The zero-order chi connectivity index (χ0) is 19.7. The van der Waals surface area contributed by atoms with Crippen molar-refractivity contribution in [2.24, 2.45) is 0 Å². The van der Waals surface area contributed by atoms with Gasteiger partial charge in [-0.15, -0.1) is 0 Å². The van der Waals surface area contributed by atoms with E-state index in [0.717, 1.165) is 42.4 Å². The molecule has 0 atom stereocenters. The summed E-state index contributed by atoms with van der Waals surface area (Å²) in [4.78, 5) is 26.3. The largest absolute Gasteiger partial charge is 0.356 e. The minimum Gasteiger partial charge on any atom is -0.356 e. The summed E-state index contributed by atoms with van der Waals surface area (Å²) in [7, 11) is 0. The summed E-state index contributed by atoms with van der Waals surface area (Å²) in [6.45, 7) is 5.07. The maximum atomic E-state index is 12.8. The average molecular weight is 420 g/mol. The number of halogens is 2. The van der Waals surface area contributed by atoms with Crippen molar-refractivity contribution in [1.29, 1.82) is 0 Å². The van der Waals surface area contributed by atoms with Crippen molar-refractivity contribution in [3.63, 3.8) is 0 Å². The number of fused-ring (bicyclic) bond motifs is 1. The van der Waals surface area contributed by atoms with E-state index in [1.165, 1.54) is 19.3 Å². The Morgan fingerprint density at radius 3 is 2.64 bits per heavy atom. The molecule has 0 spiro atoms. The number of carbonyl (C=O) groups excluding carboxylic acids is 1. The van der Waals surface area contributed by atoms with E-state index in [1.54, 1.807) is 23.1 Å². The van der Waals surface area contributed by atoms with Crippen molar-refractivity contribution < 1.29 is 4.79 Å². The highest BCUT2D eigenvalue weighted by Gasteiger charge is 2.28. The lowest BCUT2D eigenvalue weighted by atomic mass is 10.0. The van der Waals surface area contributed by atoms with Gasteiger partial charge in [-0.05, 0) is 44.4 Å². The molecule has 0 saturated carbocycles. The quantitative estimate of drug-likeness (QED) is 0.767. The van der Waals surface area contributed by atoms with Crippen LogP contribution in [0.25, 0.3) is 0 Å². The molecule has 2 amide bonds. The number of hydrogen-bond acceptors (Lipinski definition) is 4. The molecule has 148 valence electrons. The smallest absolute Gasteiger partial charge is 0.322 e. The van der Waals surface area contributed by atoms with Gasteiger partial charge < -0.3 is 15.1 Å². The highest BCUT2D eigenvalue weighted by Crippen LogP contribution is 2.30. The molecule has 1 N–H and O–H groups in total. The highest BCUT2D eigenvalue weighted by atomic mass is 35.5. The van der Waals surface area contributed by atoms with Crippen molar-refractivity contribution in [3.05, 3.63) is 45.3 Å². The lowest BCUT2D eigenvalue weighted by Crippen LogP contribution is -2.41. The Hall–Kier alpha value is -2.05. The lowest BCUT2D eigenvalue weighted by molar-refractivity contribution is 0.206. The second kappa shape index (κ2) is 8.13. The van der Waals surface area contributed by atoms with E-state index in [4.69, 9.17) is 28.2 Å². The summed E-state index contributed by atoms with van der Waals surface area (Å²) in [5.74, 6) is 1.79. The van der Waals surface area contributed by atoms with Gasteiger partial charge in [0.15, 0.2) is 0 Å². The van der Waals surface area contributed by atoms with Crippen LogP contribution in [0.1, 0.15) is 36.3 Å². The first-order valence-corrected chi connectivity index (χ1v) is 10.4. The van der Waals surface area contributed by atoms with Gasteiger partial charge in [0.1, 0.15) is 11.6 Å². The topological polar surface area (TPSA) is 61.4 Å². The minimum absolute atomic E-state index is 0.181. The minimum atomic E-state index is -0.181. The van der Waals surface area contributed by atoms with Crippen LogP contribution in [0, 0.1) is 6.92 Å².